The van der Waals surface area contributed by atoms with Crippen molar-refractivity contribution in [2.24, 2.45) is 0 Å². The third-order valence-corrected chi connectivity index (χ3v) is 4.92. The number of nitrogens with zero attached hydrogens (tertiary/aromatic N) is 3. The number of hydrogen-bond acceptors (Lipinski definition) is 3. The van der Waals surface area contributed by atoms with Crippen LogP contribution in [0.1, 0.15) is 16.1 Å². The smallest absolute Gasteiger partial charge is 0.324 e. The molecule has 3 heterocycles. The second-order valence-electron chi connectivity index (χ2n) is 7.06. The van der Waals surface area contributed by atoms with Gasteiger partial charge in [-0.25, -0.2) is 14.4 Å². The Kier molecular flexibility index (Phi) is 4.43. The van der Waals surface area contributed by atoms with Crippen LogP contribution in [0, 0.1) is 5.82 Å². The molecule has 0 aliphatic carbocycles. The first-order valence-corrected chi connectivity index (χ1v) is 9.40. The summed E-state index contributed by atoms with van der Waals surface area (Å²) in [6.07, 6.45) is -1.45. The van der Waals surface area contributed by atoms with Crippen LogP contribution in [0.4, 0.5) is 23.5 Å². The van der Waals surface area contributed by atoms with Crippen molar-refractivity contribution < 1.29 is 22.4 Å². The normalized spacial score (nSPS) is 11.9. The van der Waals surface area contributed by atoms with E-state index in [9.17, 15) is 22.4 Å². The molecule has 0 radical (unpaired) electrons. The van der Waals surface area contributed by atoms with E-state index in [2.05, 4.69) is 20.3 Å². The number of pyridine rings is 1. The number of alkyl halides is 3. The van der Waals surface area contributed by atoms with Crippen LogP contribution in [0.5, 0.6) is 0 Å². The summed E-state index contributed by atoms with van der Waals surface area (Å²) in [6.45, 7) is 0. The number of hydrogen-bond donors (Lipinski definition) is 2. The second-order valence-corrected chi connectivity index (χ2v) is 7.06. The van der Waals surface area contributed by atoms with Gasteiger partial charge in [0.15, 0.2) is 0 Å². The molecular weight excluding hydrogens is 426 g/mol. The minimum absolute atomic E-state index is 0.161. The van der Waals surface area contributed by atoms with E-state index in [-0.39, 0.29) is 17.2 Å². The van der Waals surface area contributed by atoms with Crippen LogP contribution < -0.4 is 5.32 Å². The molecule has 10 heteroatoms. The van der Waals surface area contributed by atoms with Crippen molar-refractivity contribution >= 4 is 28.5 Å². The van der Waals surface area contributed by atoms with Gasteiger partial charge < -0.3 is 9.38 Å². The predicted molar refractivity (Wildman–Crippen MR) is 110 cm³/mol. The number of amides is 1. The summed E-state index contributed by atoms with van der Waals surface area (Å²) in [5.41, 5.74) is 1.10. The van der Waals surface area contributed by atoms with Gasteiger partial charge in [0.2, 0.25) is 5.95 Å². The number of benzene rings is 2. The average Bonchev–Trinajstić information content (AvgIpc) is 3.36. The highest BCUT2D eigenvalue weighted by molar-refractivity contribution is 6.03. The number of halogens is 4. The summed E-state index contributed by atoms with van der Waals surface area (Å²) >= 11 is 0. The molecule has 0 saturated carbocycles. The fourth-order valence-corrected chi connectivity index (χ4v) is 3.39. The molecule has 5 rings (SSSR count). The average molecular weight is 439 g/mol. The first-order chi connectivity index (χ1) is 15.3. The fourth-order valence-electron chi connectivity index (χ4n) is 3.39. The maximum atomic E-state index is 13.6. The SMILES string of the molecule is O=C(Nc1nc2ccc(-c3ccc(F)c(C(F)(F)F)c3)cc2[nH]1)c1cn2ccccc2n1. The lowest BCUT2D eigenvalue weighted by atomic mass is 10.0. The van der Waals surface area contributed by atoms with Crippen LogP contribution in [0.15, 0.2) is 67.0 Å². The molecule has 5 aromatic rings. The van der Waals surface area contributed by atoms with Crippen molar-refractivity contribution in [1.82, 2.24) is 19.4 Å². The summed E-state index contributed by atoms with van der Waals surface area (Å²) in [6, 6.07) is 13.0. The number of nitrogens with one attached hydrogen (secondary N) is 2. The first-order valence-electron chi connectivity index (χ1n) is 9.40. The third-order valence-electron chi connectivity index (χ3n) is 4.92. The molecule has 0 aliphatic rings. The van der Waals surface area contributed by atoms with Gasteiger partial charge in [-0.3, -0.25) is 10.1 Å². The Morgan fingerprint density at radius 3 is 2.56 bits per heavy atom. The van der Waals surface area contributed by atoms with E-state index in [1.54, 1.807) is 47.1 Å². The Hall–Kier alpha value is -4.21. The van der Waals surface area contributed by atoms with Gasteiger partial charge in [-0.05, 0) is 47.5 Å². The number of aromatic nitrogens is 4. The summed E-state index contributed by atoms with van der Waals surface area (Å²) in [4.78, 5) is 24.0. The van der Waals surface area contributed by atoms with Gasteiger partial charge >= 0.3 is 6.18 Å². The number of carbonyl (C=O) groups is 1. The topological polar surface area (TPSA) is 75.1 Å². The minimum atomic E-state index is -4.80. The molecule has 0 fully saturated rings. The van der Waals surface area contributed by atoms with Crippen LogP contribution in [-0.4, -0.2) is 25.3 Å². The Balaban J connectivity index is 1.43. The molecule has 0 atom stereocenters. The van der Waals surface area contributed by atoms with E-state index in [0.29, 0.717) is 22.2 Å². The predicted octanol–water partition coefficient (Wildman–Crippen LogP) is 5.29. The van der Waals surface area contributed by atoms with Crippen LogP contribution in [0.2, 0.25) is 0 Å². The summed E-state index contributed by atoms with van der Waals surface area (Å²) in [5, 5.41) is 2.62. The van der Waals surface area contributed by atoms with Gasteiger partial charge in [-0.15, -0.1) is 0 Å². The lowest BCUT2D eigenvalue weighted by Gasteiger charge is -2.10. The quantitative estimate of drug-likeness (QED) is 0.375. The molecule has 0 saturated heterocycles. The van der Waals surface area contributed by atoms with Gasteiger partial charge in [0.05, 0.1) is 16.6 Å². The number of rotatable bonds is 3. The Morgan fingerprint density at radius 2 is 1.78 bits per heavy atom. The van der Waals surface area contributed by atoms with E-state index in [0.717, 1.165) is 12.1 Å². The molecule has 0 spiro atoms. The summed E-state index contributed by atoms with van der Waals surface area (Å²) in [7, 11) is 0. The Labute approximate surface area is 177 Å². The lowest BCUT2D eigenvalue weighted by Crippen LogP contribution is -2.13. The fraction of sp³-hybridized carbons (Fsp3) is 0.0455. The zero-order valence-electron chi connectivity index (χ0n) is 16.1. The number of imidazole rings is 2. The Bertz CT molecular complexity index is 1450. The van der Waals surface area contributed by atoms with E-state index in [1.807, 2.05) is 6.07 Å². The first kappa shape index (κ1) is 19.7. The van der Waals surface area contributed by atoms with Crippen LogP contribution >= 0.6 is 0 Å². The van der Waals surface area contributed by atoms with E-state index in [1.165, 1.54) is 6.07 Å². The zero-order chi connectivity index (χ0) is 22.5. The molecule has 0 bridgehead atoms. The molecule has 2 aromatic carbocycles. The van der Waals surface area contributed by atoms with E-state index >= 15 is 0 Å². The summed E-state index contributed by atoms with van der Waals surface area (Å²) < 4.78 is 54.4. The zero-order valence-corrected chi connectivity index (χ0v) is 16.1. The summed E-state index contributed by atoms with van der Waals surface area (Å²) in [5.74, 6) is -1.64. The number of aromatic amines is 1. The van der Waals surface area contributed by atoms with Gasteiger partial charge in [-0.2, -0.15) is 13.2 Å². The van der Waals surface area contributed by atoms with Crippen molar-refractivity contribution in [2.45, 2.75) is 6.18 Å². The largest absolute Gasteiger partial charge is 0.419 e. The Morgan fingerprint density at radius 1 is 1.00 bits per heavy atom. The van der Waals surface area contributed by atoms with Gasteiger partial charge in [0.1, 0.15) is 17.2 Å². The van der Waals surface area contributed by atoms with Crippen molar-refractivity contribution in [3.05, 3.63) is 84.1 Å². The number of anilines is 1. The van der Waals surface area contributed by atoms with Gasteiger partial charge in [0, 0.05) is 12.4 Å². The molecule has 0 unspecified atom stereocenters. The van der Waals surface area contributed by atoms with Crippen LogP contribution in [0.3, 0.4) is 0 Å². The number of fused-ring (bicyclic) bond motifs is 2. The molecule has 6 nitrogen and oxygen atoms in total. The van der Waals surface area contributed by atoms with Crippen molar-refractivity contribution in [3.8, 4) is 11.1 Å². The molecular formula is C22H13F4N5O. The highest BCUT2D eigenvalue weighted by Crippen LogP contribution is 2.34. The van der Waals surface area contributed by atoms with E-state index < -0.39 is 23.5 Å². The van der Waals surface area contributed by atoms with Crippen LogP contribution in [0.25, 0.3) is 27.8 Å². The third kappa shape index (κ3) is 3.55. The number of H-pyrrole nitrogens is 1. The second kappa shape index (κ2) is 7.19. The van der Waals surface area contributed by atoms with Crippen LogP contribution in [-0.2, 0) is 6.18 Å². The maximum Gasteiger partial charge on any atom is 0.419 e. The van der Waals surface area contributed by atoms with Gasteiger partial charge in [-0.1, -0.05) is 18.2 Å². The maximum absolute atomic E-state index is 13.6. The molecule has 3 aromatic heterocycles. The highest BCUT2D eigenvalue weighted by atomic mass is 19.4. The molecule has 1 amide bonds. The van der Waals surface area contributed by atoms with Gasteiger partial charge in [0.25, 0.3) is 5.91 Å². The molecule has 160 valence electrons. The monoisotopic (exact) mass is 439 g/mol. The molecule has 32 heavy (non-hydrogen) atoms. The minimum Gasteiger partial charge on any atom is -0.324 e. The lowest BCUT2D eigenvalue weighted by molar-refractivity contribution is -0.139. The molecule has 0 aliphatic heterocycles. The highest BCUT2D eigenvalue weighted by Gasteiger charge is 2.34. The van der Waals surface area contributed by atoms with Crippen molar-refractivity contribution in [2.75, 3.05) is 5.32 Å². The van der Waals surface area contributed by atoms with Crippen molar-refractivity contribution in [1.29, 1.82) is 0 Å². The molecule has 2 N–H and O–H groups in total. The number of carbonyl (C=O) groups excluding carboxylic acids is 1. The van der Waals surface area contributed by atoms with E-state index in [4.69, 9.17) is 0 Å². The standard InChI is InChI=1S/C22H13F4N5O/c23-15-6-4-12(9-14(15)22(24,25)26)13-5-7-16-17(10-13)29-21(28-16)30-20(32)18-11-31-8-2-1-3-19(31)27-18/h1-11H,(H2,28,29,30,32). The van der Waals surface area contributed by atoms with Crippen molar-refractivity contribution in [3.63, 3.8) is 0 Å².